The van der Waals surface area contributed by atoms with Crippen LogP contribution in [0.25, 0.3) is 0 Å². The van der Waals surface area contributed by atoms with Crippen LogP contribution in [0.15, 0.2) is 52.5 Å². The Hall–Kier alpha value is -1.90. The van der Waals surface area contributed by atoms with Crippen molar-refractivity contribution in [1.82, 2.24) is 9.29 Å². The van der Waals surface area contributed by atoms with Crippen LogP contribution in [0.5, 0.6) is 0 Å². The Morgan fingerprint density at radius 3 is 2.59 bits per heavy atom. The molecule has 0 radical (unpaired) electrons. The fraction of sp³-hybridized carbons (Fsp3) is 0.368. The molecule has 1 aromatic carbocycles. The van der Waals surface area contributed by atoms with Crippen LogP contribution in [0, 0.1) is 0 Å². The maximum atomic E-state index is 12.6. The van der Waals surface area contributed by atoms with Gasteiger partial charge in [-0.2, -0.15) is 4.31 Å². The normalized spacial score (nSPS) is 17.3. The molecular formula is C19H21N3O3S2. The number of hydrogen-bond donors (Lipinski definition) is 0. The molecule has 0 saturated carbocycles. The summed E-state index contributed by atoms with van der Waals surface area (Å²) in [5.74, 6) is 0.319. The predicted octanol–water partition coefficient (Wildman–Crippen LogP) is 2.55. The average molecular weight is 404 g/mol. The summed E-state index contributed by atoms with van der Waals surface area (Å²) in [6.07, 6.45) is 4.09. The quantitative estimate of drug-likeness (QED) is 0.718. The molecule has 0 atom stereocenters. The molecule has 1 saturated heterocycles. The van der Waals surface area contributed by atoms with Gasteiger partial charge in [-0.1, -0.05) is 30.0 Å². The first-order valence-corrected chi connectivity index (χ1v) is 11.5. The van der Waals surface area contributed by atoms with Crippen LogP contribution in [0.4, 0.5) is 5.69 Å². The van der Waals surface area contributed by atoms with Crippen molar-refractivity contribution in [1.29, 1.82) is 0 Å². The first kappa shape index (κ1) is 18.5. The van der Waals surface area contributed by atoms with Gasteiger partial charge in [0.15, 0.2) is 0 Å². The molecule has 142 valence electrons. The molecule has 2 aliphatic heterocycles. The molecular weight excluding hydrogens is 382 g/mol. The second-order valence-corrected chi connectivity index (χ2v) is 9.59. The highest BCUT2D eigenvalue weighted by Gasteiger charge is 2.27. The second kappa shape index (κ2) is 7.61. The third-order valence-electron chi connectivity index (χ3n) is 4.94. The lowest BCUT2D eigenvalue weighted by Crippen LogP contribution is -2.30. The van der Waals surface area contributed by atoms with Crippen molar-refractivity contribution in [2.45, 2.75) is 29.2 Å². The Bertz CT molecular complexity index is 939. The maximum absolute atomic E-state index is 12.6. The van der Waals surface area contributed by atoms with Gasteiger partial charge in [-0.05, 0) is 43.0 Å². The highest BCUT2D eigenvalue weighted by molar-refractivity contribution is 7.99. The maximum Gasteiger partial charge on any atom is 0.244 e. The number of aromatic nitrogens is 1. The van der Waals surface area contributed by atoms with Gasteiger partial charge < -0.3 is 4.90 Å². The monoisotopic (exact) mass is 403 g/mol. The number of nitrogens with zero attached hydrogens (tertiary/aromatic N) is 3. The van der Waals surface area contributed by atoms with E-state index in [0.717, 1.165) is 24.9 Å². The lowest BCUT2D eigenvalue weighted by Gasteiger charge is -2.17. The molecule has 0 N–H and O–H groups in total. The van der Waals surface area contributed by atoms with Crippen molar-refractivity contribution in [3.63, 3.8) is 0 Å². The molecule has 0 unspecified atom stereocenters. The molecule has 1 fully saturated rings. The van der Waals surface area contributed by atoms with Crippen molar-refractivity contribution < 1.29 is 13.2 Å². The number of carbonyl (C=O) groups is 1. The summed E-state index contributed by atoms with van der Waals surface area (Å²) >= 11 is 1.33. The summed E-state index contributed by atoms with van der Waals surface area (Å²) in [5.41, 5.74) is 2.19. The number of fused-ring (bicyclic) bond motifs is 1. The van der Waals surface area contributed by atoms with Gasteiger partial charge in [0.05, 0.1) is 10.8 Å². The van der Waals surface area contributed by atoms with E-state index in [1.807, 2.05) is 23.1 Å². The fourth-order valence-electron chi connectivity index (χ4n) is 3.49. The van der Waals surface area contributed by atoms with E-state index in [1.54, 1.807) is 12.1 Å². The SMILES string of the molecule is O=C(CSc1ccc(S(=O)(=O)N2CCCC2)cn1)N1CCc2ccccc21. The molecule has 0 spiro atoms. The van der Waals surface area contributed by atoms with E-state index >= 15 is 0 Å². The van der Waals surface area contributed by atoms with E-state index in [9.17, 15) is 13.2 Å². The fourth-order valence-corrected chi connectivity index (χ4v) is 5.67. The van der Waals surface area contributed by atoms with Gasteiger partial charge in [-0.3, -0.25) is 4.79 Å². The van der Waals surface area contributed by atoms with E-state index in [-0.39, 0.29) is 16.6 Å². The number of carbonyl (C=O) groups excluding carboxylic acids is 1. The highest BCUT2D eigenvalue weighted by Crippen LogP contribution is 2.29. The molecule has 6 nitrogen and oxygen atoms in total. The number of para-hydroxylation sites is 1. The Morgan fingerprint density at radius 2 is 1.85 bits per heavy atom. The van der Waals surface area contributed by atoms with Crippen LogP contribution in [0.2, 0.25) is 0 Å². The first-order chi connectivity index (χ1) is 13.1. The predicted molar refractivity (Wildman–Crippen MR) is 105 cm³/mol. The minimum Gasteiger partial charge on any atom is -0.311 e. The summed E-state index contributed by atoms with van der Waals surface area (Å²) in [5, 5.41) is 0.649. The second-order valence-electron chi connectivity index (χ2n) is 6.66. The van der Waals surface area contributed by atoms with Crippen LogP contribution in [-0.2, 0) is 21.2 Å². The molecule has 1 aromatic heterocycles. The number of amides is 1. The van der Waals surface area contributed by atoms with Gasteiger partial charge in [-0.15, -0.1) is 0 Å². The summed E-state index contributed by atoms with van der Waals surface area (Å²) in [6.45, 7) is 1.86. The van der Waals surface area contributed by atoms with Gasteiger partial charge in [0.2, 0.25) is 15.9 Å². The highest BCUT2D eigenvalue weighted by atomic mass is 32.2. The van der Waals surface area contributed by atoms with E-state index in [2.05, 4.69) is 11.1 Å². The van der Waals surface area contributed by atoms with Crippen molar-refractivity contribution in [2.24, 2.45) is 0 Å². The summed E-state index contributed by atoms with van der Waals surface area (Å²) in [6, 6.07) is 11.2. The van der Waals surface area contributed by atoms with Crippen LogP contribution in [0.1, 0.15) is 18.4 Å². The van der Waals surface area contributed by atoms with Crippen molar-refractivity contribution >= 4 is 33.4 Å². The van der Waals surface area contributed by atoms with E-state index in [0.29, 0.717) is 24.7 Å². The molecule has 0 aliphatic carbocycles. The Balaban J connectivity index is 1.39. The Kier molecular flexibility index (Phi) is 5.21. The van der Waals surface area contributed by atoms with Crippen LogP contribution in [0.3, 0.4) is 0 Å². The van der Waals surface area contributed by atoms with Gasteiger partial charge in [0, 0.05) is 31.5 Å². The van der Waals surface area contributed by atoms with E-state index in [4.69, 9.17) is 0 Å². The van der Waals surface area contributed by atoms with Crippen molar-refractivity contribution in [3.05, 3.63) is 48.2 Å². The number of thioether (sulfide) groups is 1. The van der Waals surface area contributed by atoms with Crippen LogP contribution >= 0.6 is 11.8 Å². The molecule has 2 aliphatic rings. The number of hydrogen-bond acceptors (Lipinski definition) is 5. The minimum absolute atomic E-state index is 0.0421. The van der Waals surface area contributed by atoms with Gasteiger partial charge in [0.25, 0.3) is 0 Å². The molecule has 27 heavy (non-hydrogen) atoms. The zero-order valence-electron chi connectivity index (χ0n) is 14.9. The molecule has 2 aromatic rings. The number of benzene rings is 1. The number of anilines is 1. The van der Waals surface area contributed by atoms with Gasteiger partial charge >= 0.3 is 0 Å². The van der Waals surface area contributed by atoms with E-state index in [1.165, 1.54) is 27.8 Å². The van der Waals surface area contributed by atoms with Crippen molar-refractivity contribution in [2.75, 3.05) is 30.3 Å². The smallest absolute Gasteiger partial charge is 0.244 e. The third-order valence-corrected chi connectivity index (χ3v) is 7.75. The largest absolute Gasteiger partial charge is 0.311 e. The molecule has 0 bridgehead atoms. The lowest BCUT2D eigenvalue weighted by molar-refractivity contribution is -0.116. The Labute approximate surface area is 163 Å². The van der Waals surface area contributed by atoms with Crippen LogP contribution in [-0.4, -0.2) is 49.0 Å². The molecule has 3 heterocycles. The topological polar surface area (TPSA) is 70.6 Å². The molecule has 1 amide bonds. The zero-order chi connectivity index (χ0) is 18.9. The van der Waals surface area contributed by atoms with Crippen LogP contribution < -0.4 is 4.90 Å². The lowest BCUT2D eigenvalue weighted by atomic mass is 10.2. The van der Waals surface area contributed by atoms with E-state index < -0.39 is 10.0 Å². The average Bonchev–Trinajstić information content (AvgIpc) is 3.36. The zero-order valence-corrected chi connectivity index (χ0v) is 16.5. The first-order valence-electron chi connectivity index (χ1n) is 9.03. The molecule has 4 rings (SSSR count). The Morgan fingerprint density at radius 1 is 1.07 bits per heavy atom. The summed E-state index contributed by atoms with van der Waals surface area (Å²) in [4.78, 5) is 18.8. The van der Waals surface area contributed by atoms with Gasteiger partial charge in [-0.25, -0.2) is 13.4 Å². The third kappa shape index (κ3) is 3.74. The standard InChI is InChI=1S/C19H21N3O3S2/c23-19(22-12-9-15-5-1-2-6-17(15)22)14-26-18-8-7-16(13-20-18)27(24,25)21-10-3-4-11-21/h1-2,5-8,13H,3-4,9-12,14H2. The number of rotatable bonds is 5. The number of sulfonamides is 1. The molecule has 8 heteroatoms. The van der Waals surface area contributed by atoms with Crippen molar-refractivity contribution in [3.8, 4) is 0 Å². The summed E-state index contributed by atoms with van der Waals surface area (Å²) in [7, 11) is -3.45. The minimum atomic E-state index is -3.45. The number of pyridine rings is 1. The summed E-state index contributed by atoms with van der Waals surface area (Å²) < 4.78 is 26.5. The van der Waals surface area contributed by atoms with Gasteiger partial charge in [0.1, 0.15) is 4.90 Å².